The van der Waals surface area contributed by atoms with Crippen molar-refractivity contribution >= 4 is 18.4 Å². The summed E-state index contributed by atoms with van der Waals surface area (Å²) in [6, 6.07) is 1.80. The summed E-state index contributed by atoms with van der Waals surface area (Å²) in [6.07, 6.45) is 1.63. The van der Waals surface area contributed by atoms with Crippen LogP contribution in [0.4, 0.5) is 5.82 Å². The van der Waals surface area contributed by atoms with E-state index in [0.717, 1.165) is 5.46 Å². The Hall–Kier alpha value is -1.11. The molecule has 1 fully saturated rings. The summed E-state index contributed by atoms with van der Waals surface area (Å²) in [5.41, 5.74) is 5.28. The monoisotopic (exact) mass is 278 g/mol. The van der Waals surface area contributed by atoms with Gasteiger partial charge in [0.2, 0.25) is 0 Å². The third-order valence-corrected chi connectivity index (χ3v) is 4.12. The van der Waals surface area contributed by atoms with Gasteiger partial charge < -0.3 is 20.1 Å². The average molecular weight is 278 g/mol. The Labute approximate surface area is 120 Å². The van der Waals surface area contributed by atoms with Gasteiger partial charge in [0.15, 0.2) is 0 Å². The lowest BCUT2D eigenvalue weighted by Crippen LogP contribution is -2.41. The summed E-state index contributed by atoms with van der Waals surface area (Å²) in [5, 5.41) is 10.1. The van der Waals surface area contributed by atoms with Gasteiger partial charge in [-0.2, -0.15) is 0 Å². The van der Waals surface area contributed by atoms with E-state index in [1.807, 2.05) is 27.7 Å². The Morgan fingerprint density at radius 3 is 2.15 bits per heavy atom. The number of pyridine rings is 1. The van der Waals surface area contributed by atoms with Crippen LogP contribution >= 0.6 is 0 Å². The Morgan fingerprint density at radius 2 is 1.70 bits per heavy atom. The van der Waals surface area contributed by atoms with Crippen LogP contribution in [0, 0.1) is 0 Å². The van der Waals surface area contributed by atoms with E-state index in [2.05, 4.69) is 4.98 Å². The second-order valence-corrected chi connectivity index (χ2v) is 6.85. The van der Waals surface area contributed by atoms with E-state index < -0.39 is 23.9 Å². The summed E-state index contributed by atoms with van der Waals surface area (Å²) in [7, 11) is -0.505. The summed E-state index contributed by atoms with van der Waals surface area (Å²) in [6.45, 7) is 11.3. The highest BCUT2D eigenvalue weighted by atomic mass is 16.7. The fourth-order valence-corrected chi connectivity index (χ4v) is 2.09. The van der Waals surface area contributed by atoms with Gasteiger partial charge in [0.05, 0.1) is 16.8 Å². The molecule has 0 atom stereocenters. The Morgan fingerprint density at radius 1 is 1.20 bits per heavy atom. The molecule has 1 aliphatic rings. The van der Waals surface area contributed by atoms with Gasteiger partial charge in [0, 0.05) is 17.2 Å². The molecule has 6 heteroatoms. The smallest absolute Gasteiger partial charge is 0.399 e. The average Bonchev–Trinajstić information content (AvgIpc) is 2.47. The molecule has 0 saturated carbocycles. The molecule has 0 spiro atoms. The summed E-state index contributed by atoms with van der Waals surface area (Å²) in [4.78, 5) is 4.14. The minimum atomic E-state index is -1.06. The minimum Gasteiger partial charge on any atom is -0.399 e. The third kappa shape index (κ3) is 2.55. The van der Waals surface area contributed by atoms with Gasteiger partial charge in [-0.05, 0) is 41.5 Å². The molecule has 0 amide bonds. The van der Waals surface area contributed by atoms with E-state index in [9.17, 15) is 5.11 Å². The predicted octanol–water partition coefficient (Wildman–Crippen LogP) is 1.19. The largest absolute Gasteiger partial charge is 0.496 e. The SMILES string of the molecule is CC(C)(O)c1cc(B2OC(C)(C)C(C)(C)O2)cnc1N. The van der Waals surface area contributed by atoms with Gasteiger partial charge in [0.1, 0.15) is 5.82 Å². The maximum Gasteiger partial charge on any atom is 0.496 e. The van der Waals surface area contributed by atoms with Crippen molar-refractivity contribution in [1.82, 2.24) is 4.98 Å². The van der Waals surface area contributed by atoms with E-state index in [0.29, 0.717) is 11.4 Å². The first kappa shape index (κ1) is 15.3. The van der Waals surface area contributed by atoms with Crippen LogP contribution in [-0.2, 0) is 14.9 Å². The first-order valence-electron chi connectivity index (χ1n) is 6.78. The molecule has 20 heavy (non-hydrogen) atoms. The van der Waals surface area contributed by atoms with Crippen LogP contribution in [-0.4, -0.2) is 28.4 Å². The molecular weight excluding hydrogens is 255 g/mol. The highest BCUT2D eigenvalue weighted by Crippen LogP contribution is 2.36. The Kier molecular flexibility index (Phi) is 3.40. The molecule has 1 aliphatic heterocycles. The second-order valence-electron chi connectivity index (χ2n) is 6.85. The molecule has 0 bridgehead atoms. The zero-order chi connectivity index (χ0) is 15.3. The molecule has 1 saturated heterocycles. The van der Waals surface area contributed by atoms with Crippen LogP contribution in [0.2, 0.25) is 0 Å². The highest BCUT2D eigenvalue weighted by molar-refractivity contribution is 6.62. The normalized spacial score (nSPS) is 21.2. The quantitative estimate of drug-likeness (QED) is 0.794. The van der Waals surface area contributed by atoms with E-state index >= 15 is 0 Å². The molecule has 0 unspecified atom stereocenters. The molecule has 1 aromatic heterocycles. The first-order chi connectivity index (χ1) is 8.94. The van der Waals surface area contributed by atoms with Crippen LogP contribution in [0.25, 0.3) is 0 Å². The number of nitrogen functional groups attached to an aromatic ring is 1. The van der Waals surface area contributed by atoms with Gasteiger partial charge in [-0.15, -0.1) is 0 Å². The molecule has 1 aromatic rings. The standard InChI is InChI=1S/C14H23BN2O3/c1-12(2,18)10-7-9(8-17-11(10)16)15-19-13(3,4)14(5,6)20-15/h7-8,18H,1-6H3,(H2,16,17). The number of aromatic nitrogens is 1. The maximum atomic E-state index is 10.1. The fourth-order valence-electron chi connectivity index (χ4n) is 2.09. The Balaban J connectivity index is 2.37. The van der Waals surface area contributed by atoms with Gasteiger partial charge in [-0.1, -0.05) is 6.07 Å². The lowest BCUT2D eigenvalue weighted by molar-refractivity contribution is 0.00578. The fraction of sp³-hybridized carbons (Fsp3) is 0.643. The molecule has 110 valence electrons. The number of hydrogen-bond donors (Lipinski definition) is 2. The zero-order valence-electron chi connectivity index (χ0n) is 13.0. The van der Waals surface area contributed by atoms with E-state index in [1.54, 1.807) is 26.1 Å². The summed E-state index contributed by atoms with van der Waals surface area (Å²) in [5.74, 6) is 0.317. The lowest BCUT2D eigenvalue weighted by atomic mass is 9.78. The topological polar surface area (TPSA) is 77.6 Å². The zero-order valence-corrected chi connectivity index (χ0v) is 13.0. The van der Waals surface area contributed by atoms with E-state index in [-0.39, 0.29) is 0 Å². The number of rotatable bonds is 2. The molecule has 5 nitrogen and oxygen atoms in total. The lowest BCUT2D eigenvalue weighted by Gasteiger charge is -2.32. The van der Waals surface area contributed by atoms with Crippen LogP contribution in [0.15, 0.2) is 12.3 Å². The molecule has 2 rings (SSSR count). The van der Waals surface area contributed by atoms with Gasteiger partial charge in [-0.3, -0.25) is 0 Å². The molecule has 2 heterocycles. The van der Waals surface area contributed by atoms with Crippen LogP contribution in [0.3, 0.4) is 0 Å². The number of nitrogens with zero attached hydrogens (tertiary/aromatic N) is 1. The predicted molar refractivity (Wildman–Crippen MR) is 79.6 cm³/mol. The van der Waals surface area contributed by atoms with Crippen molar-refractivity contribution in [1.29, 1.82) is 0 Å². The molecule has 0 aromatic carbocycles. The first-order valence-corrected chi connectivity index (χ1v) is 6.78. The molecular formula is C14H23BN2O3. The van der Waals surface area contributed by atoms with E-state index in [1.165, 1.54) is 0 Å². The van der Waals surface area contributed by atoms with Crippen LogP contribution < -0.4 is 11.2 Å². The number of aliphatic hydroxyl groups is 1. The molecule has 3 N–H and O–H groups in total. The summed E-state index contributed by atoms with van der Waals surface area (Å²) < 4.78 is 11.9. The van der Waals surface area contributed by atoms with Gasteiger partial charge in [0.25, 0.3) is 0 Å². The van der Waals surface area contributed by atoms with Crippen molar-refractivity contribution in [2.45, 2.75) is 58.3 Å². The summed E-state index contributed by atoms with van der Waals surface area (Å²) >= 11 is 0. The highest BCUT2D eigenvalue weighted by Gasteiger charge is 2.52. The van der Waals surface area contributed by atoms with Gasteiger partial charge in [-0.25, -0.2) is 4.98 Å². The van der Waals surface area contributed by atoms with Gasteiger partial charge >= 0.3 is 7.12 Å². The molecule has 0 aliphatic carbocycles. The van der Waals surface area contributed by atoms with Crippen LogP contribution in [0.1, 0.15) is 47.1 Å². The number of anilines is 1. The second kappa shape index (κ2) is 4.45. The van der Waals surface area contributed by atoms with Crippen molar-refractivity contribution in [3.8, 4) is 0 Å². The van der Waals surface area contributed by atoms with Crippen molar-refractivity contribution in [3.05, 3.63) is 17.8 Å². The third-order valence-electron chi connectivity index (χ3n) is 4.12. The number of hydrogen-bond acceptors (Lipinski definition) is 5. The van der Waals surface area contributed by atoms with Crippen molar-refractivity contribution < 1.29 is 14.4 Å². The Bertz CT molecular complexity index is 508. The van der Waals surface area contributed by atoms with Crippen molar-refractivity contribution in [3.63, 3.8) is 0 Å². The molecule has 0 radical (unpaired) electrons. The number of nitrogens with two attached hydrogens (primary N) is 1. The maximum absolute atomic E-state index is 10.1. The van der Waals surface area contributed by atoms with E-state index in [4.69, 9.17) is 15.0 Å². The minimum absolute atomic E-state index is 0.317. The van der Waals surface area contributed by atoms with Crippen molar-refractivity contribution in [2.24, 2.45) is 0 Å². The van der Waals surface area contributed by atoms with Crippen molar-refractivity contribution in [2.75, 3.05) is 5.73 Å². The van der Waals surface area contributed by atoms with Crippen LogP contribution in [0.5, 0.6) is 0 Å².